The van der Waals surface area contributed by atoms with Gasteiger partial charge < -0.3 is 61.9 Å². The van der Waals surface area contributed by atoms with E-state index in [0.29, 0.717) is 91.8 Å². The molecule has 22 rings (SSSR count). The summed E-state index contributed by atoms with van der Waals surface area (Å²) in [5.74, 6) is 5.82. The van der Waals surface area contributed by atoms with E-state index < -0.39 is 110 Å². The van der Waals surface area contributed by atoms with Gasteiger partial charge in [-0.1, -0.05) is 69.2 Å². The van der Waals surface area contributed by atoms with Crippen LogP contribution in [0.1, 0.15) is 364 Å². The number of carbonyl (C=O) groups excluding carboxylic acids is 12. The highest BCUT2D eigenvalue weighted by molar-refractivity contribution is 7.87. The summed E-state index contributed by atoms with van der Waals surface area (Å²) in [6.07, 6.45) is 30.8. The summed E-state index contributed by atoms with van der Waals surface area (Å²) in [7, 11) is -3.56. The average molecular weight is 1950 g/mol. The molecule has 22 fully saturated rings. The van der Waals surface area contributed by atoms with Crippen molar-refractivity contribution in [2.24, 2.45) is 151 Å². The molecule has 13 unspecified atom stereocenters. The molecule has 0 aromatic rings. The number of carbonyl (C=O) groups is 12. The van der Waals surface area contributed by atoms with Gasteiger partial charge >= 0.3 is 71.6 Å². The average Bonchev–Trinajstić information content (AvgIpc) is 1.19. The molecule has 2 heterocycles. The molecule has 137 heavy (non-hydrogen) atoms. The molecule has 28 nitrogen and oxygen atoms in total. The summed E-state index contributed by atoms with van der Waals surface area (Å²) in [5, 5.41) is 10.2. The second-order valence-electron chi connectivity index (χ2n) is 49.4. The van der Waals surface area contributed by atoms with Gasteiger partial charge in [0.2, 0.25) is 0 Å². The van der Waals surface area contributed by atoms with Crippen LogP contribution in [-0.2, 0) is 129 Å². The Balaban J connectivity index is 0.000000140. The van der Waals surface area contributed by atoms with E-state index in [1.807, 2.05) is 76.2 Å². The lowest BCUT2D eigenvalue weighted by atomic mass is 9.47. The molecule has 13 atom stereocenters. The number of ether oxygens (including phenoxy) is 12. The van der Waals surface area contributed by atoms with Gasteiger partial charge in [-0.15, -0.1) is 0 Å². The van der Waals surface area contributed by atoms with E-state index in [-0.39, 0.29) is 138 Å². The Bertz CT molecular complexity index is 4390. The van der Waals surface area contributed by atoms with Crippen LogP contribution in [0.5, 0.6) is 0 Å². The van der Waals surface area contributed by atoms with Gasteiger partial charge in [-0.25, -0.2) is 14.4 Å². The second kappa shape index (κ2) is 42.1. The number of rotatable bonds is 32. The fraction of sp³-hybridized carbons (Fsp3) is 0.889. The number of fused-ring (bicyclic) bond motifs is 2. The molecule has 20 bridgehead atoms. The van der Waals surface area contributed by atoms with Crippen molar-refractivity contribution in [3.63, 3.8) is 0 Å². The topological polar surface area (TPSA) is 379 Å². The van der Waals surface area contributed by atoms with Crippen LogP contribution in [0.4, 0.5) is 0 Å². The Labute approximate surface area is 815 Å². The van der Waals surface area contributed by atoms with Crippen LogP contribution < -0.4 is 0 Å². The lowest BCUT2D eigenvalue weighted by Crippen LogP contribution is -2.63. The highest BCUT2D eigenvalue weighted by Gasteiger charge is 2.68. The van der Waals surface area contributed by atoms with Gasteiger partial charge in [-0.2, -0.15) is 8.42 Å². The van der Waals surface area contributed by atoms with Crippen molar-refractivity contribution in [3.8, 4) is 0 Å². The Kier molecular flexibility index (Phi) is 33.1. The lowest BCUT2D eigenvalue weighted by molar-refractivity contribution is -0.231. The van der Waals surface area contributed by atoms with Crippen molar-refractivity contribution in [2.75, 3.05) is 33.0 Å². The maximum absolute atomic E-state index is 12.8. The van der Waals surface area contributed by atoms with E-state index in [0.717, 1.165) is 125 Å². The molecular formula is C108H168O28S. The third-order valence-corrected chi connectivity index (χ3v) is 39.8. The highest BCUT2D eigenvalue weighted by Crippen LogP contribution is 2.66. The molecule has 774 valence electrons. The van der Waals surface area contributed by atoms with Gasteiger partial charge in [0.05, 0.1) is 62.6 Å². The minimum absolute atomic E-state index is 0.00636. The Morgan fingerprint density at radius 1 is 0.416 bits per heavy atom. The number of esters is 12. The molecule has 20 aliphatic carbocycles. The molecule has 0 spiro atoms. The van der Waals surface area contributed by atoms with Crippen LogP contribution >= 0.6 is 0 Å². The van der Waals surface area contributed by atoms with Gasteiger partial charge in [-0.3, -0.25) is 47.3 Å². The van der Waals surface area contributed by atoms with Crippen LogP contribution in [0, 0.1) is 151 Å². The minimum Gasteiger partial charge on any atom is -0.462 e. The van der Waals surface area contributed by atoms with Crippen molar-refractivity contribution in [3.05, 3.63) is 0 Å². The standard InChI is InChI=1S/C20H30O6.C19H28O9S.C19H32O2.C18H30O2.C16H22O6.C16H26O3/c1-4-12(2)19(23)25-10-17(21)24-11-18(22)26-20(3)15-6-13-5-14(8-15)9-16(20)7-13;1-4-19(2,3)18(22)26-8-7-25-14(20)5-6-15(21)27-16-11-9-12-13(10-11)29(23,24)28-17(12)16;1-6-18(4,5)17(20)21-19(12(2)3)15-8-13-7-14(10-15)11-16(19)9-13;1-5-17(3,4)16(19)20-18(6-2)14-8-12-7-13(10-14)11-15(18)9-12;1-4-16(2,3)15(19)20-7-11(17)21-12-8-5-9-10(6-8)14(18)22-13(9)12;1-4-14(2,3)13(17)19-16-8-11-5-12(9-16)7-15(18,6-11)10-16/h12-16H,4-11H2,1-3H3;11-13,16-17H,4-10H2,1-3H3;12-16H,6-11H2,1-5H3;12-15H,5-11H2,1-4H3;8-10,12-13H,4-7H2,1-3H3;11-12,18H,4-10H2,1-3H3. The fourth-order valence-electron chi connectivity index (χ4n) is 28.6. The minimum atomic E-state index is -3.56. The van der Waals surface area contributed by atoms with Crippen LogP contribution in [0.3, 0.4) is 0 Å². The van der Waals surface area contributed by atoms with Gasteiger partial charge in [-0.05, 0) is 364 Å². The predicted molar refractivity (Wildman–Crippen MR) is 504 cm³/mol. The smallest absolute Gasteiger partial charge is 0.344 e. The normalized spacial score (nSPS) is 37.9. The number of hydrogen-bond donors (Lipinski definition) is 1. The molecule has 0 aromatic heterocycles. The van der Waals surface area contributed by atoms with E-state index in [4.69, 9.17) is 61.0 Å². The molecule has 20 saturated carbocycles. The molecule has 0 aromatic carbocycles. The van der Waals surface area contributed by atoms with Crippen molar-refractivity contribution < 1.29 is 132 Å². The molecular weight excluding hydrogens is 1780 g/mol. The molecule has 2 saturated heterocycles. The molecule has 1 N–H and O–H groups in total. The summed E-state index contributed by atoms with van der Waals surface area (Å²) >= 11 is 0. The first-order valence-corrected chi connectivity index (χ1v) is 54.6. The number of hydrogen-bond acceptors (Lipinski definition) is 28. The summed E-state index contributed by atoms with van der Waals surface area (Å²) < 4.78 is 94.4. The quantitative estimate of drug-likeness (QED) is 0.0283. The monoisotopic (exact) mass is 1950 g/mol. The van der Waals surface area contributed by atoms with Crippen LogP contribution in [-0.4, -0.2) is 176 Å². The van der Waals surface area contributed by atoms with Crippen LogP contribution in [0.15, 0.2) is 0 Å². The summed E-state index contributed by atoms with van der Waals surface area (Å²) in [4.78, 5) is 144. The van der Waals surface area contributed by atoms with Crippen molar-refractivity contribution in [1.29, 1.82) is 0 Å². The number of aliphatic hydroxyl groups is 1. The molecule has 2 aliphatic heterocycles. The van der Waals surface area contributed by atoms with Gasteiger partial charge in [0, 0.05) is 30.1 Å². The third kappa shape index (κ3) is 23.2. The fourth-order valence-corrected chi connectivity index (χ4v) is 30.5. The maximum Gasteiger partial charge on any atom is 0.344 e. The second-order valence-corrected chi connectivity index (χ2v) is 51.2. The Morgan fingerprint density at radius 2 is 0.832 bits per heavy atom. The van der Waals surface area contributed by atoms with E-state index in [1.165, 1.54) is 77.0 Å². The summed E-state index contributed by atoms with van der Waals surface area (Å²) in [6, 6.07) is 0. The predicted octanol–water partition coefficient (Wildman–Crippen LogP) is 18.1. The van der Waals surface area contributed by atoms with E-state index in [1.54, 1.807) is 34.6 Å². The lowest BCUT2D eigenvalue weighted by Gasteiger charge is -2.62. The van der Waals surface area contributed by atoms with Crippen molar-refractivity contribution in [1.82, 2.24) is 0 Å². The Morgan fingerprint density at radius 3 is 1.32 bits per heavy atom. The highest BCUT2D eigenvalue weighted by atomic mass is 32.2. The first kappa shape index (κ1) is 108. The largest absolute Gasteiger partial charge is 0.462 e. The zero-order chi connectivity index (χ0) is 100. The zero-order valence-corrected chi connectivity index (χ0v) is 87.3. The van der Waals surface area contributed by atoms with Gasteiger partial charge in [0.15, 0.2) is 19.8 Å². The van der Waals surface area contributed by atoms with E-state index in [9.17, 15) is 71.1 Å². The zero-order valence-electron chi connectivity index (χ0n) is 86.5. The summed E-state index contributed by atoms with van der Waals surface area (Å²) in [6.45, 7) is 40.1. The SMILES string of the molecule is CCC(C)(C)C(=O)OC1(C(C)C)C2CC3CC(C2)CC1C3.CCC(C)(C)C(=O)OC1(CC)C2CC3CC(C2)CC1C3.CCC(C)(C)C(=O)OC12CC3CC(CC(O)(C3)C1)C2.CCC(C)(C)C(=O)OCC(=O)OC1C2CC3C(=O)OC1C3C2.CCC(C)(C)C(=O)OCCOC(=O)CCC(=O)OC1C2CC3C1OS(=O)(=O)C3C2.CCC(C)C(=O)OCC(=O)OCC(=O)OC1(C)C2CC3CC(C2)CC1C3. The van der Waals surface area contributed by atoms with E-state index in [2.05, 4.69) is 34.6 Å². The molecule has 0 amide bonds. The van der Waals surface area contributed by atoms with Gasteiger partial charge in [0.1, 0.15) is 60.0 Å². The first-order valence-electron chi connectivity index (χ1n) is 53.1. The maximum atomic E-state index is 12.8. The van der Waals surface area contributed by atoms with E-state index >= 15 is 0 Å². The van der Waals surface area contributed by atoms with Gasteiger partial charge in [0.25, 0.3) is 10.1 Å². The van der Waals surface area contributed by atoms with Crippen molar-refractivity contribution in [2.45, 2.75) is 421 Å². The molecule has 29 heteroatoms. The van der Waals surface area contributed by atoms with Crippen LogP contribution in [0.2, 0.25) is 0 Å². The summed E-state index contributed by atoms with van der Waals surface area (Å²) in [5.41, 5.74) is -3.94. The van der Waals surface area contributed by atoms with Crippen molar-refractivity contribution >= 4 is 81.7 Å². The third-order valence-electron chi connectivity index (χ3n) is 38.0. The molecule has 0 radical (unpaired) electrons. The first-order chi connectivity index (χ1) is 64.2. The Hall–Kier alpha value is -6.49. The van der Waals surface area contributed by atoms with Crippen LogP contribution in [0.25, 0.3) is 0 Å². The molecule has 22 aliphatic rings.